The van der Waals surface area contributed by atoms with Gasteiger partial charge in [-0.25, -0.2) is 0 Å². The fourth-order valence-corrected chi connectivity index (χ4v) is 2.05. The second kappa shape index (κ2) is 2.66. The molecular weight excluding hydrogens is 162 g/mol. The first kappa shape index (κ1) is 8.42. The van der Waals surface area contributed by atoms with Crippen LogP contribution in [-0.4, -0.2) is 18.7 Å². The van der Waals surface area contributed by atoms with E-state index >= 15 is 0 Å². The topological polar surface area (TPSA) is 23.5 Å². The summed E-state index contributed by atoms with van der Waals surface area (Å²) >= 11 is 0. The number of nitrogens with zero attached hydrogens (tertiary/aromatic N) is 1. The summed E-state index contributed by atoms with van der Waals surface area (Å²) in [7, 11) is 2.10. The lowest BCUT2D eigenvalue weighted by atomic mass is 10.0. The third-order valence-corrected chi connectivity index (χ3v) is 2.95. The van der Waals surface area contributed by atoms with E-state index in [4.69, 9.17) is 0 Å². The van der Waals surface area contributed by atoms with E-state index in [1.54, 1.807) is 0 Å². The Hall–Kier alpha value is -1.18. The average molecular weight is 177 g/mol. The SMILES string of the molecule is Cc1cc2c(c(C)c1O)CCN2C. The summed E-state index contributed by atoms with van der Waals surface area (Å²) in [5.74, 6) is 0.467. The largest absolute Gasteiger partial charge is 0.507 e. The molecule has 1 N–H and O–H groups in total. The summed E-state index contributed by atoms with van der Waals surface area (Å²) in [4.78, 5) is 2.24. The van der Waals surface area contributed by atoms with E-state index in [1.807, 2.05) is 13.8 Å². The zero-order valence-corrected chi connectivity index (χ0v) is 8.39. The maximum atomic E-state index is 9.74. The molecule has 0 saturated carbocycles. The lowest BCUT2D eigenvalue weighted by Crippen LogP contribution is -2.12. The third kappa shape index (κ3) is 1.09. The van der Waals surface area contributed by atoms with E-state index in [9.17, 15) is 5.11 Å². The van der Waals surface area contributed by atoms with E-state index in [0.717, 1.165) is 24.1 Å². The van der Waals surface area contributed by atoms with E-state index in [2.05, 4.69) is 18.0 Å². The van der Waals surface area contributed by atoms with E-state index in [-0.39, 0.29) is 0 Å². The highest BCUT2D eigenvalue weighted by atomic mass is 16.3. The number of aromatic hydroxyl groups is 1. The number of aryl methyl sites for hydroxylation is 1. The lowest BCUT2D eigenvalue weighted by Gasteiger charge is -2.14. The van der Waals surface area contributed by atoms with Gasteiger partial charge in [-0.05, 0) is 43.0 Å². The summed E-state index contributed by atoms with van der Waals surface area (Å²) in [5, 5.41) is 9.74. The van der Waals surface area contributed by atoms with Crippen LogP contribution in [0.2, 0.25) is 0 Å². The molecule has 0 aliphatic carbocycles. The number of rotatable bonds is 0. The van der Waals surface area contributed by atoms with Gasteiger partial charge in [-0.1, -0.05) is 0 Å². The monoisotopic (exact) mass is 177 g/mol. The van der Waals surface area contributed by atoms with Crippen LogP contribution in [0.5, 0.6) is 5.75 Å². The molecule has 0 unspecified atom stereocenters. The van der Waals surface area contributed by atoms with Gasteiger partial charge >= 0.3 is 0 Å². The molecule has 0 bridgehead atoms. The summed E-state index contributed by atoms with van der Waals surface area (Å²) in [6, 6.07) is 2.07. The zero-order valence-electron chi connectivity index (χ0n) is 8.39. The highest BCUT2D eigenvalue weighted by Gasteiger charge is 2.20. The van der Waals surface area contributed by atoms with Gasteiger partial charge in [-0.15, -0.1) is 0 Å². The molecule has 0 spiro atoms. The van der Waals surface area contributed by atoms with Gasteiger partial charge in [0.25, 0.3) is 0 Å². The molecule has 0 atom stereocenters. The van der Waals surface area contributed by atoms with Gasteiger partial charge in [-0.3, -0.25) is 0 Å². The smallest absolute Gasteiger partial charge is 0.121 e. The van der Waals surface area contributed by atoms with E-state index < -0.39 is 0 Å². The predicted octanol–water partition coefficient (Wildman–Crippen LogP) is 2.00. The molecule has 0 radical (unpaired) electrons. The van der Waals surface area contributed by atoms with Crippen molar-refractivity contribution >= 4 is 5.69 Å². The Balaban J connectivity index is 2.67. The Kier molecular flexibility index (Phi) is 1.72. The quantitative estimate of drug-likeness (QED) is 0.655. The highest BCUT2D eigenvalue weighted by Crippen LogP contribution is 2.36. The average Bonchev–Trinajstić information content (AvgIpc) is 2.45. The molecule has 1 heterocycles. The molecule has 2 heteroatoms. The van der Waals surface area contributed by atoms with Gasteiger partial charge in [0.2, 0.25) is 0 Å². The fraction of sp³-hybridized carbons (Fsp3) is 0.455. The first-order valence-corrected chi connectivity index (χ1v) is 4.64. The molecule has 2 nitrogen and oxygen atoms in total. The normalized spacial score (nSPS) is 14.8. The van der Waals surface area contributed by atoms with Crippen molar-refractivity contribution in [3.05, 3.63) is 22.8 Å². The minimum atomic E-state index is 0.467. The van der Waals surface area contributed by atoms with Crippen molar-refractivity contribution in [2.75, 3.05) is 18.5 Å². The van der Waals surface area contributed by atoms with Crippen molar-refractivity contribution in [2.24, 2.45) is 0 Å². The molecule has 0 amide bonds. The Morgan fingerprint density at radius 1 is 1.38 bits per heavy atom. The molecule has 2 rings (SSSR count). The van der Waals surface area contributed by atoms with Crippen LogP contribution >= 0.6 is 0 Å². The number of phenolic OH excluding ortho intramolecular Hbond substituents is 1. The van der Waals surface area contributed by atoms with Gasteiger partial charge in [0.15, 0.2) is 0 Å². The minimum Gasteiger partial charge on any atom is -0.507 e. The van der Waals surface area contributed by atoms with E-state index in [0.29, 0.717) is 5.75 Å². The van der Waals surface area contributed by atoms with Crippen LogP contribution in [0.4, 0.5) is 5.69 Å². The predicted molar refractivity (Wildman–Crippen MR) is 54.6 cm³/mol. The Morgan fingerprint density at radius 3 is 2.77 bits per heavy atom. The molecule has 1 aliphatic heterocycles. The zero-order chi connectivity index (χ0) is 9.59. The second-order valence-electron chi connectivity index (χ2n) is 3.84. The van der Waals surface area contributed by atoms with Crippen LogP contribution in [0.1, 0.15) is 16.7 Å². The van der Waals surface area contributed by atoms with Crippen molar-refractivity contribution in [2.45, 2.75) is 20.3 Å². The molecule has 1 aromatic carbocycles. The molecule has 70 valence electrons. The van der Waals surface area contributed by atoms with Crippen LogP contribution in [0.25, 0.3) is 0 Å². The summed E-state index contributed by atoms with van der Waals surface area (Å²) in [5.41, 5.74) is 4.63. The van der Waals surface area contributed by atoms with Gasteiger partial charge in [0.05, 0.1) is 0 Å². The van der Waals surface area contributed by atoms with Gasteiger partial charge in [0.1, 0.15) is 5.75 Å². The number of hydrogen-bond donors (Lipinski definition) is 1. The van der Waals surface area contributed by atoms with Crippen molar-refractivity contribution in [3.63, 3.8) is 0 Å². The van der Waals surface area contributed by atoms with Crippen LogP contribution in [0.15, 0.2) is 6.07 Å². The van der Waals surface area contributed by atoms with E-state index in [1.165, 1.54) is 11.3 Å². The van der Waals surface area contributed by atoms with Gasteiger partial charge < -0.3 is 10.0 Å². The number of anilines is 1. The molecule has 0 saturated heterocycles. The minimum absolute atomic E-state index is 0.467. The maximum absolute atomic E-state index is 9.74. The lowest BCUT2D eigenvalue weighted by molar-refractivity contribution is 0.466. The molecule has 0 fully saturated rings. The molecular formula is C11H15NO. The number of benzene rings is 1. The molecule has 0 aromatic heterocycles. The van der Waals surface area contributed by atoms with Crippen molar-refractivity contribution in [1.29, 1.82) is 0 Å². The van der Waals surface area contributed by atoms with Crippen LogP contribution < -0.4 is 4.90 Å². The van der Waals surface area contributed by atoms with Crippen molar-refractivity contribution < 1.29 is 5.11 Å². The third-order valence-electron chi connectivity index (χ3n) is 2.95. The number of fused-ring (bicyclic) bond motifs is 1. The molecule has 1 aromatic rings. The first-order chi connectivity index (χ1) is 6.11. The van der Waals surface area contributed by atoms with Gasteiger partial charge in [0, 0.05) is 19.3 Å². The number of hydrogen-bond acceptors (Lipinski definition) is 2. The Labute approximate surface area is 78.8 Å². The number of phenols is 1. The Morgan fingerprint density at radius 2 is 2.08 bits per heavy atom. The summed E-state index contributed by atoms with van der Waals surface area (Å²) in [6.45, 7) is 5.02. The Bertz CT molecular complexity index is 358. The fourth-order valence-electron chi connectivity index (χ4n) is 2.05. The van der Waals surface area contributed by atoms with Crippen LogP contribution in [0.3, 0.4) is 0 Å². The molecule has 1 aliphatic rings. The number of likely N-dealkylation sites (N-methyl/N-ethyl adjacent to an activating group) is 1. The second-order valence-corrected chi connectivity index (χ2v) is 3.84. The standard InChI is InChI=1S/C11H15NO/c1-7-6-10-9(4-5-12(10)3)8(2)11(7)13/h6,13H,4-5H2,1-3H3. The van der Waals surface area contributed by atoms with Crippen LogP contribution in [-0.2, 0) is 6.42 Å². The van der Waals surface area contributed by atoms with Gasteiger partial charge in [-0.2, -0.15) is 0 Å². The van der Waals surface area contributed by atoms with Crippen LogP contribution in [0, 0.1) is 13.8 Å². The van der Waals surface area contributed by atoms with Crippen molar-refractivity contribution in [3.8, 4) is 5.75 Å². The first-order valence-electron chi connectivity index (χ1n) is 4.64. The van der Waals surface area contributed by atoms with Crippen molar-refractivity contribution in [1.82, 2.24) is 0 Å². The molecule has 13 heavy (non-hydrogen) atoms. The maximum Gasteiger partial charge on any atom is 0.121 e. The highest BCUT2D eigenvalue weighted by molar-refractivity contribution is 5.65. The summed E-state index contributed by atoms with van der Waals surface area (Å²) in [6.07, 6.45) is 1.06. The summed E-state index contributed by atoms with van der Waals surface area (Å²) < 4.78 is 0.